The van der Waals surface area contributed by atoms with Crippen molar-refractivity contribution in [2.75, 3.05) is 14.2 Å². The number of benzene rings is 2. The molecule has 2 rings (SSSR count). The van der Waals surface area contributed by atoms with Crippen LogP contribution in [0.25, 0.3) is 0 Å². The van der Waals surface area contributed by atoms with Gasteiger partial charge in [0, 0.05) is 5.56 Å². The van der Waals surface area contributed by atoms with Crippen molar-refractivity contribution in [2.24, 2.45) is 0 Å². The van der Waals surface area contributed by atoms with Gasteiger partial charge in [-0.3, -0.25) is 9.59 Å². The second-order valence-electron chi connectivity index (χ2n) is 5.09. The van der Waals surface area contributed by atoms with Crippen LogP contribution in [-0.4, -0.2) is 26.1 Å². The standard InChI is InChI=1S/C18H18FNO4/c1-23-15-5-3-4-13(10-15)18(22)20-16(11-17(21)24-2)12-6-8-14(19)9-7-12/h3-10,16H,11H2,1-2H3,(H,20,22). The number of carbonyl (C=O) groups is 2. The summed E-state index contributed by atoms with van der Waals surface area (Å²) in [5.41, 5.74) is 1.00. The third-order valence-electron chi connectivity index (χ3n) is 3.51. The molecule has 0 saturated heterocycles. The van der Waals surface area contributed by atoms with E-state index >= 15 is 0 Å². The van der Waals surface area contributed by atoms with Gasteiger partial charge in [-0.15, -0.1) is 0 Å². The molecule has 6 heteroatoms. The molecule has 1 unspecified atom stereocenters. The smallest absolute Gasteiger partial charge is 0.307 e. The van der Waals surface area contributed by atoms with Crippen molar-refractivity contribution in [3.63, 3.8) is 0 Å². The van der Waals surface area contributed by atoms with E-state index < -0.39 is 17.8 Å². The van der Waals surface area contributed by atoms with E-state index in [1.807, 2.05) is 0 Å². The number of ether oxygens (including phenoxy) is 2. The predicted molar refractivity (Wildman–Crippen MR) is 86.2 cm³/mol. The van der Waals surface area contributed by atoms with Gasteiger partial charge in [-0.2, -0.15) is 0 Å². The summed E-state index contributed by atoms with van der Waals surface area (Å²) in [7, 11) is 2.78. The van der Waals surface area contributed by atoms with E-state index in [-0.39, 0.29) is 12.3 Å². The summed E-state index contributed by atoms with van der Waals surface area (Å²) in [6.45, 7) is 0. The molecule has 0 aliphatic rings. The minimum atomic E-state index is -0.628. The summed E-state index contributed by atoms with van der Waals surface area (Å²) >= 11 is 0. The molecule has 1 amide bonds. The number of nitrogens with one attached hydrogen (secondary N) is 1. The van der Waals surface area contributed by atoms with Crippen molar-refractivity contribution < 1.29 is 23.5 Å². The Bertz CT molecular complexity index is 715. The number of methoxy groups -OCH3 is 2. The van der Waals surface area contributed by atoms with E-state index in [0.717, 1.165) is 0 Å². The van der Waals surface area contributed by atoms with Crippen LogP contribution < -0.4 is 10.1 Å². The van der Waals surface area contributed by atoms with Crippen LogP contribution in [0.3, 0.4) is 0 Å². The van der Waals surface area contributed by atoms with Gasteiger partial charge in [0.1, 0.15) is 11.6 Å². The van der Waals surface area contributed by atoms with E-state index in [0.29, 0.717) is 16.9 Å². The summed E-state index contributed by atoms with van der Waals surface area (Å²) in [6, 6.07) is 11.6. The zero-order chi connectivity index (χ0) is 17.5. The third kappa shape index (κ3) is 4.55. The molecular formula is C18H18FNO4. The number of hydrogen-bond acceptors (Lipinski definition) is 4. The fourth-order valence-corrected chi connectivity index (χ4v) is 2.20. The number of amides is 1. The van der Waals surface area contributed by atoms with E-state index in [1.54, 1.807) is 24.3 Å². The Balaban J connectivity index is 2.21. The van der Waals surface area contributed by atoms with Crippen LogP contribution in [0.15, 0.2) is 48.5 Å². The summed E-state index contributed by atoms with van der Waals surface area (Å²) in [6.07, 6.45) is -0.0577. The molecule has 0 spiro atoms. The third-order valence-corrected chi connectivity index (χ3v) is 3.51. The molecule has 24 heavy (non-hydrogen) atoms. The monoisotopic (exact) mass is 331 g/mol. The highest BCUT2D eigenvalue weighted by molar-refractivity contribution is 5.95. The van der Waals surface area contributed by atoms with Crippen LogP contribution in [0.2, 0.25) is 0 Å². The van der Waals surface area contributed by atoms with Gasteiger partial charge in [0.2, 0.25) is 0 Å². The van der Waals surface area contributed by atoms with E-state index in [1.165, 1.54) is 38.5 Å². The fourth-order valence-electron chi connectivity index (χ4n) is 2.20. The predicted octanol–water partition coefficient (Wildman–Crippen LogP) is 2.87. The van der Waals surface area contributed by atoms with Crippen molar-refractivity contribution >= 4 is 11.9 Å². The highest BCUT2D eigenvalue weighted by Crippen LogP contribution is 2.20. The summed E-state index contributed by atoms with van der Waals surface area (Å²) in [4.78, 5) is 24.1. The second kappa shape index (κ2) is 8.10. The average Bonchev–Trinajstić information content (AvgIpc) is 2.61. The first-order chi connectivity index (χ1) is 11.5. The van der Waals surface area contributed by atoms with Gasteiger partial charge in [0.05, 0.1) is 26.7 Å². The lowest BCUT2D eigenvalue weighted by Crippen LogP contribution is -2.30. The van der Waals surface area contributed by atoms with Gasteiger partial charge in [0.25, 0.3) is 5.91 Å². The number of esters is 1. The van der Waals surface area contributed by atoms with Crippen molar-refractivity contribution in [3.8, 4) is 5.75 Å². The minimum absolute atomic E-state index is 0.0577. The Labute approximate surface area is 139 Å². The summed E-state index contributed by atoms with van der Waals surface area (Å²) < 4.78 is 22.9. The Kier molecular flexibility index (Phi) is 5.89. The molecule has 0 bridgehead atoms. The molecule has 2 aromatic carbocycles. The van der Waals surface area contributed by atoms with Gasteiger partial charge >= 0.3 is 5.97 Å². The molecule has 0 radical (unpaired) electrons. The van der Waals surface area contributed by atoms with Crippen molar-refractivity contribution in [1.82, 2.24) is 5.32 Å². The van der Waals surface area contributed by atoms with Gasteiger partial charge in [-0.25, -0.2) is 4.39 Å². The van der Waals surface area contributed by atoms with Crippen molar-refractivity contribution in [2.45, 2.75) is 12.5 Å². The Morgan fingerprint density at radius 1 is 1.12 bits per heavy atom. The molecule has 0 saturated carbocycles. The Hall–Kier alpha value is -2.89. The fraction of sp³-hybridized carbons (Fsp3) is 0.222. The molecule has 0 aromatic heterocycles. The second-order valence-corrected chi connectivity index (χ2v) is 5.09. The summed E-state index contributed by atoms with van der Waals surface area (Å²) in [5, 5.41) is 2.77. The maximum atomic E-state index is 13.1. The van der Waals surface area contributed by atoms with Gasteiger partial charge < -0.3 is 14.8 Å². The first-order valence-corrected chi connectivity index (χ1v) is 7.30. The largest absolute Gasteiger partial charge is 0.497 e. The van der Waals surface area contributed by atoms with E-state index in [2.05, 4.69) is 10.1 Å². The lowest BCUT2D eigenvalue weighted by Gasteiger charge is -2.18. The molecule has 126 valence electrons. The molecular weight excluding hydrogens is 313 g/mol. The van der Waals surface area contributed by atoms with Gasteiger partial charge in [-0.1, -0.05) is 18.2 Å². The maximum absolute atomic E-state index is 13.1. The van der Waals surface area contributed by atoms with Crippen molar-refractivity contribution in [3.05, 3.63) is 65.5 Å². The molecule has 5 nitrogen and oxygen atoms in total. The molecule has 0 fully saturated rings. The lowest BCUT2D eigenvalue weighted by molar-refractivity contribution is -0.141. The number of carbonyl (C=O) groups excluding carboxylic acids is 2. The summed E-state index contributed by atoms with van der Waals surface area (Å²) in [5.74, 6) is -0.689. The van der Waals surface area contributed by atoms with Gasteiger partial charge in [0.15, 0.2) is 0 Å². The number of halogens is 1. The highest BCUT2D eigenvalue weighted by atomic mass is 19.1. The van der Waals surface area contributed by atoms with Crippen LogP contribution in [0.5, 0.6) is 5.75 Å². The molecule has 0 heterocycles. The van der Waals surface area contributed by atoms with Crippen LogP contribution in [0, 0.1) is 5.82 Å². The molecule has 0 aliphatic heterocycles. The Morgan fingerprint density at radius 3 is 2.46 bits per heavy atom. The van der Waals surface area contributed by atoms with E-state index in [4.69, 9.17) is 4.74 Å². The highest BCUT2D eigenvalue weighted by Gasteiger charge is 2.20. The van der Waals surface area contributed by atoms with Crippen LogP contribution >= 0.6 is 0 Å². The number of hydrogen-bond donors (Lipinski definition) is 1. The van der Waals surface area contributed by atoms with E-state index in [9.17, 15) is 14.0 Å². The topological polar surface area (TPSA) is 64.6 Å². The first kappa shape index (κ1) is 17.5. The first-order valence-electron chi connectivity index (χ1n) is 7.30. The number of rotatable bonds is 6. The van der Waals surface area contributed by atoms with Crippen LogP contribution in [0.4, 0.5) is 4.39 Å². The molecule has 1 N–H and O–H groups in total. The SMILES string of the molecule is COC(=O)CC(NC(=O)c1cccc(OC)c1)c1ccc(F)cc1. The average molecular weight is 331 g/mol. The zero-order valence-corrected chi connectivity index (χ0v) is 13.4. The minimum Gasteiger partial charge on any atom is -0.497 e. The zero-order valence-electron chi connectivity index (χ0n) is 13.4. The van der Waals surface area contributed by atoms with Crippen LogP contribution in [0.1, 0.15) is 28.4 Å². The molecule has 1 atom stereocenters. The van der Waals surface area contributed by atoms with Crippen LogP contribution in [-0.2, 0) is 9.53 Å². The normalized spacial score (nSPS) is 11.5. The maximum Gasteiger partial charge on any atom is 0.307 e. The Morgan fingerprint density at radius 2 is 1.83 bits per heavy atom. The molecule has 2 aromatic rings. The lowest BCUT2D eigenvalue weighted by atomic mass is 10.0. The quantitative estimate of drug-likeness (QED) is 0.827. The van der Waals surface area contributed by atoms with Gasteiger partial charge in [-0.05, 0) is 35.9 Å². The molecule has 0 aliphatic carbocycles. The van der Waals surface area contributed by atoms with Crippen molar-refractivity contribution in [1.29, 1.82) is 0 Å².